The molecular weight excluding hydrogens is 350 g/mol. The standard InChI is InChI=1S/C18H17N5O2S/c1-21-12-17(19-13-21)18-16(11-22(2)20-18)14-8-9-23(10-14)26(24,25)15-6-4-3-5-7-15/h3-13H,1-2H3. The molecule has 0 atom stereocenters. The molecule has 0 saturated carbocycles. The summed E-state index contributed by atoms with van der Waals surface area (Å²) in [5.74, 6) is 0. The summed E-state index contributed by atoms with van der Waals surface area (Å²) in [6, 6.07) is 10.1. The Morgan fingerprint density at radius 1 is 0.962 bits per heavy atom. The first kappa shape index (κ1) is 16.3. The lowest BCUT2D eigenvalue weighted by Crippen LogP contribution is -2.10. The minimum Gasteiger partial charge on any atom is -0.340 e. The number of aryl methyl sites for hydroxylation is 2. The van der Waals surface area contributed by atoms with Crippen LogP contribution in [0.25, 0.3) is 22.5 Å². The van der Waals surface area contributed by atoms with Crippen molar-refractivity contribution in [2.24, 2.45) is 14.1 Å². The summed E-state index contributed by atoms with van der Waals surface area (Å²) >= 11 is 0. The Bertz CT molecular complexity index is 1170. The molecule has 8 heteroatoms. The first-order valence-electron chi connectivity index (χ1n) is 7.96. The highest BCUT2D eigenvalue weighted by Gasteiger charge is 2.19. The van der Waals surface area contributed by atoms with E-state index in [2.05, 4.69) is 10.1 Å². The van der Waals surface area contributed by atoms with Crippen LogP contribution in [0.1, 0.15) is 0 Å². The van der Waals surface area contributed by atoms with Gasteiger partial charge < -0.3 is 4.57 Å². The molecule has 7 nitrogen and oxygen atoms in total. The first-order valence-corrected chi connectivity index (χ1v) is 9.40. The van der Waals surface area contributed by atoms with Crippen molar-refractivity contribution >= 4 is 10.0 Å². The first-order chi connectivity index (χ1) is 12.4. The predicted octanol–water partition coefficient (Wildman–Crippen LogP) is 2.53. The number of aromatic nitrogens is 5. The third kappa shape index (κ3) is 2.74. The van der Waals surface area contributed by atoms with Crippen LogP contribution in [0.5, 0.6) is 0 Å². The van der Waals surface area contributed by atoms with E-state index in [0.717, 1.165) is 16.8 Å². The van der Waals surface area contributed by atoms with Gasteiger partial charge in [0.15, 0.2) is 0 Å². The smallest absolute Gasteiger partial charge is 0.267 e. The van der Waals surface area contributed by atoms with Crippen LogP contribution in [0.4, 0.5) is 0 Å². The van der Waals surface area contributed by atoms with E-state index in [0.29, 0.717) is 5.69 Å². The molecule has 0 spiro atoms. The second-order valence-corrected chi connectivity index (χ2v) is 7.88. The Balaban J connectivity index is 1.78. The van der Waals surface area contributed by atoms with Gasteiger partial charge in [-0.25, -0.2) is 17.4 Å². The van der Waals surface area contributed by atoms with Gasteiger partial charge in [0.2, 0.25) is 0 Å². The van der Waals surface area contributed by atoms with Crippen molar-refractivity contribution in [3.05, 3.63) is 67.5 Å². The topological polar surface area (TPSA) is 74.7 Å². The highest BCUT2D eigenvalue weighted by Crippen LogP contribution is 2.30. The molecule has 3 aromatic heterocycles. The summed E-state index contributed by atoms with van der Waals surface area (Å²) in [6.45, 7) is 0. The lowest BCUT2D eigenvalue weighted by molar-refractivity contribution is 0.587. The van der Waals surface area contributed by atoms with Gasteiger partial charge in [0, 0.05) is 50.0 Å². The van der Waals surface area contributed by atoms with Crippen molar-refractivity contribution in [3.63, 3.8) is 0 Å². The van der Waals surface area contributed by atoms with Gasteiger partial charge in [0.05, 0.1) is 11.2 Å². The van der Waals surface area contributed by atoms with Crippen LogP contribution in [0.2, 0.25) is 0 Å². The van der Waals surface area contributed by atoms with E-state index in [1.54, 1.807) is 59.8 Å². The molecule has 0 N–H and O–H groups in total. The van der Waals surface area contributed by atoms with Gasteiger partial charge in [-0.2, -0.15) is 5.10 Å². The average Bonchev–Trinajstić information content (AvgIpc) is 3.34. The van der Waals surface area contributed by atoms with Gasteiger partial charge in [-0.3, -0.25) is 4.68 Å². The van der Waals surface area contributed by atoms with Crippen LogP contribution in [0, 0.1) is 0 Å². The number of benzene rings is 1. The molecule has 4 aromatic rings. The fourth-order valence-corrected chi connectivity index (χ4v) is 4.04. The van der Waals surface area contributed by atoms with Crippen molar-refractivity contribution < 1.29 is 8.42 Å². The Kier molecular flexibility index (Phi) is 3.77. The molecule has 0 aliphatic rings. The predicted molar refractivity (Wildman–Crippen MR) is 97.9 cm³/mol. The summed E-state index contributed by atoms with van der Waals surface area (Å²) in [5, 5.41) is 4.48. The highest BCUT2D eigenvalue weighted by molar-refractivity contribution is 7.90. The van der Waals surface area contributed by atoms with Gasteiger partial charge in [0.25, 0.3) is 10.0 Å². The van der Waals surface area contributed by atoms with E-state index in [1.165, 1.54) is 3.97 Å². The molecule has 0 saturated heterocycles. The number of hydrogen-bond acceptors (Lipinski definition) is 4. The molecule has 0 bridgehead atoms. The van der Waals surface area contributed by atoms with Gasteiger partial charge in [-0.1, -0.05) is 18.2 Å². The van der Waals surface area contributed by atoms with Crippen LogP contribution in [0.15, 0.2) is 72.4 Å². The Labute approximate surface area is 151 Å². The zero-order chi connectivity index (χ0) is 18.3. The van der Waals surface area contributed by atoms with Crippen LogP contribution in [-0.4, -0.2) is 31.7 Å². The highest BCUT2D eigenvalue weighted by atomic mass is 32.2. The minimum absolute atomic E-state index is 0.248. The van der Waals surface area contributed by atoms with Crippen molar-refractivity contribution in [1.82, 2.24) is 23.3 Å². The molecule has 4 rings (SSSR count). The van der Waals surface area contributed by atoms with Gasteiger partial charge in [0.1, 0.15) is 11.4 Å². The van der Waals surface area contributed by atoms with Crippen molar-refractivity contribution in [3.8, 4) is 22.5 Å². The molecule has 0 radical (unpaired) electrons. The summed E-state index contributed by atoms with van der Waals surface area (Å²) < 4.78 is 30.3. The second-order valence-electron chi connectivity index (χ2n) is 6.04. The molecule has 0 aliphatic heterocycles. The summed E-state index contributed by atoms with van der Waals surface area (Å²) in [5.41, 5.74) is 3.04. The maximum Gasteiger partial charge on any atom is 0.267 e. The van der Waals surface area contributed by atoms with E-state index in [4.69, 9.17) is 0 Å². The lowest BCUT2D eigenvalue weighted by Gasteiger charge is -2.05. The van der Waals surface area contributed by atoms with Crippen molar-refractivity contribution in [2.75, 3.05) is 0 Å². The van der Waals surface area contributed by atoms with Crippen LogP contribution >= 0.6 is 0 Å². The fourth-order valence-electron chi connectivity index (χ4n) is 2.82. The summed E-state index contributed by atoms with van der Waals surface area (Å²) in [7, 11) is 0.0949. The normalized spacial score (nSPS) is 11.8. The van der Waals surface area contributed by atoms with Gasteiger partial charge >= 0.3 is 0 Å². The van der Waals surface area contributed by atoms with E-state index in [9.17, 15) is 8.42 Å². The van der Waals surface area contributed by atoms with Crippen molar-refractivity contribution in [2.45, 2.75) is 4.90 Å². The monoisotopic (exact) mass is 367 g/mol. The SMILES string of the molecule is Cn1cnc(-c2nn(C)cc2-c2ccn(S(=O)(=O)c3ccccc3)c2)c1. The van der Waals surface area contributed by atoms with Crippen molar-refractivity contribution in [1.29, 1.82) is 0 Å². The minimum atomic E-state index is -3.62. The van der Waals surface area contributed by atoms with E-state index in [-0.39, 0.29) is 4.90 Å². The second kappa shape index (κ2) is 5.99. The summed E-state index contributed by atoms with van der Waals surface area (Å²) in [6.07, 6.45) is 8.60. The Hall–Kier alpha value is -3.13. The maximum absolute atomic E-state index is 12.8. The number of rotatable bonds is 4. The van der Waals surface area contributed by atoms with Crippen LogP contribution in [0.3, 0.4) is 0 Å². The van der Waals surface area contributed by atoms with E-state index < -0.39 is 10.0 Å². The number of imidazole rings is 1. The van der Waals surface area contributed by atoms with Crippen LogP contribution in [-0.2, 0) is 24.1 Å². The number of nitrogens with zero attached hydrogens (tertiary/aromatic N) is 5. The molecule has 3 heterocycles. The lowest BCUT2D eigenvalue weighted by atomic mass is 10.1. The number of hydrogen-bond donors (Lipinski definition) is 0. The van der Waals surface area contributed by atoms with E-state index >= 15 is 0 Å². The zero-order valence-electron chi connectivity index (χ0n) is 14.3. The Morgan fingerprint density at radius 2 is 1.73 bits per heavy atom. The Morgan fingerprint density at radius 3 is 2.42 bits per heavy atom. The molecular formula is C18H17N5O2S. The van der Waals surface area contributed by atoms with Crippen LogP contribution < -0.4 is 0 Å². The molecule has 0 aliphatic carbocycles. The molecule has 132 valence electrons. The largest absolute Gasteiger partial charge is 0.340 e. The summed E-state index contributed by atoms with van der Waals surface area (Å²) in [4.78, 5) is 4.60. The quantitative estimate of drug-likeness (QED) is 0.555. The molecule has 26 heavy (non-hydrogen) atoms. The third-order valence-electron chi connectivity index (χ3n) is 4.07. The van der Waals surface area contributed by atoms with E-state index in [1.807, 2.05) is 31.1 Å². The van der Waals surface area contributed by atoms with Gasteiger partial charge in [-0.05, 0) is 18.2 Å². The molecule has 0 unspecified atom stereocenters. The molecule has 1 aromatic carbocycles. The maximum atomic E-state index is 12.8. The average molecular weight is 367 g/mol. The van der Waals surface area contributed by atoms with Gasteiger partial charge in [-0.15, -0.1) is 0 Å². The third-order valence-corrected chi connectivity index (χ3v) is 5.72. The molecule has 0 fully saturated rings. The molecule has 0 amide bonds. The fraction of sp³-hybridized carbons (Fsp3) is 0.111. The zero-order valence-corrected chi connectivity index (χ0v) is 15.1.